The molecule has 1 N–H and O–H groups in total. The van der Waals surface area contributed by atoms with E-state index >= 15 is 0 Å². The lowest BCUT2D eigenvalue weighted by atomic mass is 10.1. The van der Waals surface area contributed by atoms with E-state index in [1.165, 1.54) is 6.07 Å². The van der Waals surface area contributed by atoms with Gasteiger partial charge in [-0.15, -0.1) is 11.3 Å². The summed E-state index contributed by atoms with van der Waals surface area (Å²) in [5.41, 5.74) is 2.12. The number of halogens is 2. The van der Waals surface area contributed by atoms with Gasteiger partial charge in [0.2, 0.25) is 0 Å². The van der Waals surface area contributed by atoms with Crippen molar-refractivity contribution in [2.24, 2.45) is 0 Å². The smallest absolute Gasteiger partial charge is 0.137 e. The second-order valence-electron chi connectivity index (χ2n) is 4.93. The zero-order chi connectivity index (χ0) is 14.7. The Kier molecular flexibility index (Phi) is 5.29. The highest BCUT2D eigenvalue weighted by atomic mass is 79.9. The molecular weight excluding hydrogens is 339 g/mol. The van der Waals surface area contributed by atoms with Crippen molar-refractivity contribution in [3.05, 3.63) is 50.1 Å². The van der Waals surface area contributed by atoms with Gasteiger partial charge in [-0.3, -0.25) is 0 Å². The molecule has 1 aromatic carbocycles. The van der Waals surface area contributed by atoms with Crippen LogP contribution < -0.4 is 5.32 Å². The molecule has 0 amide bonds. The fourth-order valence-corrected chi connectivity index (χ4v) is 3.42. The molecule has 1 unspecified atom stereocenters. The number of rotatable bonds is 5. The van der Waals surface area contributed by atoms with E-state index in [0.29, 0.717) is 10.4 Å². The van der Waals surface area contributed by atoms with Crippen LogP contribution in [0.25, 0.3) is 0 Å². The van der Waals surface area contributed by atoms with Gasteiger partial charge < -0.3 is 5.32 Å². The number of hydrogen-bond acceptors (Lipinski definition) is 3. The second-order valence-corrected chi connectivity index (χ2v) is 6.67. The van der Waals surface area contributed by atoms with E-state index < -0.39 is 0 Å². The summed E-state index contributed by atoms with van der Waals surface area (Å²) in [5, 5.41) is 6.54. The lowest BCUT2D eigenvalue weighted by Gasteiger charge is -2.16. The van der Waals surface area contributed by atoms with E-state index in [1.54, 1.807) is 11.3 Å². The number of nitrogens with zero attached hydrogens (tertiary/aromatic N) is 1. The van der Waals surface area contributed by atoms with E-state index in [0.717, 1.165) is 22.8 Å². The molecule has 2 nitrogen and oxygen atoms in total. The molecule has 1 atom stereocenters. The standard InChI is InChI=1S/C15H18BrFN2S/c1-4-18-14(10-5-6-12(17)11(16)7-10)15-19-13(8-20-15)9(2)3/h5-9,14,18H,4H2,1-3H3. The van der Waals surface area contributed by atoms with Crippen LogP contribution in [0.15, 0.2) is 28.1 Å². The Balaban J connectivity index is 2.36. The molecule has 0 aliphatic heterocycles. The van der Waals surface area contributed by atoms with Crippen molar-refractivity contribution in [1.29, 1.82) is 0 Å². The first-order chi connectivity index (χ1) is 9.52. The summed E-state index contributed by atoms with van der Waals surface area (Å²) in [4.78, 5) is 4.70. The third-order valence-electron chi connectivity index (χ3n) is 3.06. The molecule has 0 saturated heterocycles. The Morgan fingerprint density at radius 2 is 2.15 bits per heavy atom. The monoisotopic (exact) mass is 356 g/mol. The van der Waals surface area contributed by atoms with Crippen LogP contribution in [0.1, 0.15) is 49.0 Å². The third-order valence-corrected chi connectivity index (χ3v) is 4.60. The van der Waals surface area contributed by atoms with Crippen molar-refractivity contribution >= 4 is 27.3 Å². The number of benzene rings is 1. The van der Waals surface area contributed by atoms with Crippen molar-refractivity contribution in [2.45, 2.75) is 32.7 Å². The van der Waals surface area contributed by atoms with Crippen LogP contribution in [0, 0.1) is 5.82 Å². The summed E-state index contributed by atoms with van der Waals surface area (Å²) in [7, 11) is 0. The Hall–Kier alpha value is -0.780. The van der Waals surface area contributed by atoms with Gasteiger partial charge in [-0.1, -0.05) is 26.8 Å². The van der Waals surface area contributed by atoms with Crippen LogP contribution in [-0.2, 0) is 0 Å². The molecule has 2 aromatic rings. The van der Waals surface area contributed by atoms with Crippen LogP contribution >= 0.6 is 27.3 Å². The van der Waals surface area contributed by atoms with E-state index in [4.69, 9.17) is 4.98 Å². The summed E-state index contributed by atoms with van der Waals surface area (Å²) >= 11 is 4.89. The summed E-state index contributed by atoms with van der Waals surface area (Å²) < 4.78 is 13.9. The Morgan fingerprint density at radius 3 is 2.70 bits per heavy atom. The number of hydrogen-bond donors (Lipinski definition) is 1. The largest absolute Gasteiger partial charge is 0.305 e. The minimum absolute atomic E-state index is 0.00870. The Morgan fingerprint density at radius 1 is 1.40 bits per heavy atom. The molecule has 0 aliphatic rings. The van der Waals surface area contributed by atoms with E-state index in [1.807, 2.05) is 12.1 Å². The van der Waals surface area contributed by atoms with Gasteiger partial charge in [-0.05, 0) is 46.1 Å². The second kappa shape index (κ2) is 6.78. The zero-order valence-electron chi connectivity index (χ0n) is 11.8. The summed E-state index contributed by atoms with van der Waals surface area (Å²) in [5.74, 6) is 0.174. The summed E-state index contributed by atoms with van der Waals surface area (Å²) in [6, 6.07) is 5.12. The van der Waals surface area contributed by atoms with Crippen LogP contribution in [-0.4, -0.2) is 11.5 Å². The highest BCUT2D eigenvalue weighted by Gasteiger charge is 2.18. The van der Waals surface area contributed by atoms with Gasteiger partial charge in [0.05, 0.1) is 16.2 Å². The topological polar surface area (TPSA) is 24.9 Å². The first kappa shape index (κ1) is 15.6. The SMILES string of the molecule is CCNC(c1ccc(F)c(Br)c1)c1nc(C(C)C)cs1. The maximum absolute atomic E-state index is 13.4. The predicted molar refractivity (Wildman–Crippen MR) is 85.8 cm³/mol. The first-order valence-corrected chi connectivity index (χ1v) is 8.33. The minimum Gasteiger partial charge on any atom is -0.305 e. The van der Waals surface area contributed by atoms with Gasteiger partial charge in [0.25, 0.3) is 0 Å². The molecule has 20 heavy (non-hydrogen) atoms. The number of thiazole rings is 1. The van der Waals surface area contributed by atoms with Crippen molar-refractivity contribution in [1.82, 2.24) is 10.3 Å². The number of aromatic nitrogens is 1. The van der Waals surface area contributed by atoms with Crippen LogP contribution in [0.3, 0.4) is 0 Å². The highest BCUT2D eigenvalue weighted by Crippen LogP contribution is 2.29. The molecule has 0 spiro atoms. The molecule has 5 heteroatoms. The van der Waals surface area contributed by atoms with Crippen molar-refractivity contribution in [2.75, 3.05) is 6.54 Å². The Labute approximate surface area is 131 Å². The van der Waals surface area contributed by atoms with Gasteiger partial charge in [0.15, 0.2) is 0 Å². The molecule has 0 saturated carbocycles. The normalized spacial score (nSPS) is 12.9. The van der Waals surface area contributed by atoms with Crippen molar-refractivity contribution in [3.63, 3.8) is 0 Å². The molecule has 1 heterocycles. The molecule has 1 aromatic heterocycles. The van der Waals surface area contributed by atoms with E-state index in [2.05, 4.69) is 47.4 Å². The van der Waals surface area contributed by atoms with Gasteiger partial charge in [-0.25, -0.2) is 9.37 Å². The molecule has 0 fully saturated rings. The predicted octanol–water partition coefficient (Wildman–Crippen LogP) is 4.87. The van der Waals surface area contributed by atoms with Crippen molar-refractivity contribution < 1.29 is 4.39 Å². The first-order valence-electron chi connectivity index (χ1n) is 6.66. The van der Waals surface area contributed by atoms with Crippen molar-refractivity contribution in [3.8, 4) is 0 Å². The van der Waals surface area contributed by atoms with Crippen LogP contribution in [0.5, 0.6) is 0 Å². The lowest BCUT2D eigenvalue weighted by molar-refractivity contribution is 0.605. The lowest BCUT2D eigenvalue weighted by Crippen LogP contribution is -2.22. The van der Waals surface area contributed by atoms with Gasteiger partial charge in [-0.2, -0.15) is 0 Å². The quantitative estimate of drug-likeness (QED) is 0.826. The minimum atomic E-state index is -0.244. The Bertz CT molecular complexity index is 583. The summed E-state index contributed by atoms with van der Waals surface area (Å²) in [6.07, 6.45) is 0. The molecule has 0 aliphatic carbocycles. The molecule has 0 bridgehead atoms. The molecule has 108 valence electrons. The maximum atomic E-state index is 13.4. The van der Waals surface area contributed by atoms with Gasteiger partial charge >= 0.3 is 0 Å². The van der Waals surface area contributed by atoms with Gasteiger partial charge in [0, 0.05) is 5.38 Å². The van der Waals surface area contributed by atoms with Crippen LogP contribution in [0.2, 0.25) is 0 Å². The van der Waals surface area contributed by atoms with E-state index in [-0.39, 0.29) is 11.9 Å². The van der Waals surface area contributed by atoms with Gasteiger partial charge in [0.1, 0.15) is 10.8 Å². The fraction of sp³-hybridized carbons (Fsp3) is 0.400. The molecule has 2 rings (SSSR count). The average molecular weight is 357 g/mol. The third kappa shape index (κ3) is 3.45. The zero-order valence-corrected chi connectivity index (χ0v) is 14.2. The highest BCUT2D eigenvalue weighted by molar-refractivity contribution is 9.10. The maximum Gasteiger partial charge on any atom is 0.137 e. The molecular formula is C15H18BrFN2S. The van der Waals surface area contributed by atoms with Crippen LogP contribution in [0.4, 0.5) is 4.39 Å². The molecule has 0 radical (unpaired) electrons. The summed E-state index contributed by atoms with van der Waals surface area (Å²) in [6.45, 7) is 7.16. The number of nitrogens with one attached hydrogen (secondary N) is 1. The average Bonchev–Trinajstić information content (AvgIpc) is 2.89. The fourth-order valence-electron chi connectivity index (χ4n) is 1.94. The van der Waals surface area contributed by atoms with E-state index in [9.17, 15) is 4.39 Å².